The summed E-state index contributed by atoms with van der Waals surface area (Å²) in [7, 11) is 0. The van der Waals surface area contributed by atoms with Crippen LogP contribution >= 0.6 is 15.9 Å². The van der Waals surface area contributed by atoms with Crippen LogP contribution in [0.3, 0.4) is 0 Å². The Balaban J connectivity index is 2.55. The topological polar surface area (TPSA) is 27.0 Å². The van der Waals surface area contributed by atoms with Crippen LogP contribution in [0.4, 0.5) is 0 Å². The van der Waals surface area contributed by atoms with E-state index in [0.29, 0.717) is 17.9 Å². The molecule has 92 valence electrons. The van der Waals surface area contributed by atoms with Crippen LogP contribution in [0.1, 0.15) is 46.0 Å². The van der Waals surface area contributed by atoms with Crippen molar-refractivity contribution in [2.45, 2.75) is 52.0 Å². The van der Waals surface area contributed by atoms with Crippen LogP contribution in [0, 0.1) is 16.7 Å². The van der Waals surface area contributed by atoms with E-state index in [4.69, 9.17) is 5.26 Å². The SMILES string of the molecule is CC(C)N(CCC#N)CC1(CBr)CCCC1. The maximum absolute atomic E-state index is 8.69. The van der Waals surface area contributed by atoms with Crippen LogP contribution in [0.2, 0.25) is 0 Å². The highest BCUT2D eigenvalue weighted by atomic mass is 79.9. The van der Waals surface area contributed by atoms with Crippen molar-refractivity contribution < 1.29 is 0 Å². The molecule has 0 aliphatic heterocycles. The highest BCUT2D eigenvalue weighted by molar-refractivity contribution is 9.09. The summed E-state index contributed by atoms with van der Waals surface area (Å²) < 4.78 is 0. The minimum atomic E-state index is 0.472. The molecule has 2 nitrogen and oxygen atoms in total. The summed E-state index contributed by atoms with van der Waals surface area (Å²) in [5, 5.41) is 9.80. The molecule has 0 spiro atoms. The first-order valence-corrected chi connectivity index (χ1v) is 7.43. The van der Waals surface area contributed by atoms with E-state index in [2.05, 4.69) is 40.7 Å². The first-order chi connectivity index (χ1) is 7.63. The average molecular weight is 287 g/mol. The van der Waals surface area contributed by atoms with E-state index in [9.17, 15) is 0 Å². The third-order valence-corrected chi connectivity index (χ3v) is 4.92. The summed E-state index contributed by atoms with van der Waals surface area (Å²) in [5.74, 6) is 0. The van der Waals surface area contributed by atoms with Gasteiger partial charge in [0, 0.05) is 30.9 Å². The number of hydrogen-bond acceptors (Lipinski definition) is 2. The smallest absolute Gasteiger partial charge is 0.0635 e. The zero-order chi connectivity index (χ0) is 12.0. The molecule has 1 rings (SSSR count). The van der Waals surface area contributed by atoms with Crippen molar-refractivity contribution in [3.05, 3.63) is 0 Å². The summed E-state index contributed by atoms with van der Waals surface area (Å²) >= 11 is 3.69. The molecule has 0 aromatic rings. The van der Waals surface area contributed by atoms with Crippen molar-refractivity contribution in [1.82, 2.24) is 4.90 Å². The fourth-order valence-electron chi connectivity index (χ4n) is 2.60. The van der Waals surface area contributed by atoms with Crippen molar-refractivity contribution in [3.8, 4) is 6.07 Å². The maximum atomic E-state index is 8.69. The number of halogens is 1. The van der Waals surface area contributed by atoms with Gasteiger partial charge in [0.25, 0.3) is 0 Å². The second-order valence-corrected chi connectivity index (χ2v) is 5.87. The maximum Gasteiger partial charge on any atom is 0.0635 e. The lowest BCUT2D eigenvalue weighted by atomic mass is 9.87. The number of nitrogens with zero attached hydrogens (tertiary/aromatic N) is 2. The Labute approximate surface area is 108 Å². The van der Waals surface area contributed by atoms with Crippen LogP contribution in [-0.4, -0.2) is 29.4 Å². The molecule has 0 aromatic carbocycles. The quantitative estimate of drug-likeness (QED) is 0.698. The van der Waals surface area contributed by atoms with Gasteiger partial charge in [0.2, 0.25) is 0 Å². The molecule has 1 fully saturated rings. The first kappa shape index (κ1) is 14.0. The second kappa shape index (κ2) is 6.61. The van der Waals surface area contributed by atoms with Crippen molar-refractivity contribution >= 4 is 15.9 Å². The van der Waals surface area contributed by atoms with Crippen LogP contribution in [-0.2, 0) is 0 Å². The van der Waals surface area contributed by atoms with Gasteiger partial charge in [-0.15, -0.1) is 0 Å². The standard InChI is InChI=1S/C13H23BrN2/c1-12(2)16(9-5-8-15)11-13(10-14)6-3-4-7-13/h12H,3-7,9-11H2,1-2H3. The molecular formula is C13H23BrN2. The molecule has 0 N–H and O–H groups in total. The highest BCUT2D eigenvalue weighted by Crippen LogP contribution is 2.40. The third-order valence-electron chi connectivity index (χ3n) is 3.73. The van der Waals surface area contributed by atoms with Crippen LogP contribution in [0.5, 0.6) is 0 Å². The molecule has 16 heavy (non-hydrogen) atoms. The van der Waals surface area contributed by atoms with Gasteiger partial charge in [-0.3, -0.25) is 4.90 Å². The molecule has 1 aliphatic rings. The Morgan fingerprint density at radius 2 is 2.00 bits per heavy atom. The lowest BCUT2D eigenvalue weighted by Gasteiger charge is -2.36. The Hall–Kier alpha value is -0.0700. The molecule has 0 aromatic heterocycles. The van der Waals surface area contributed by atoms with Crippen molar-refractivity contribution in [1.29, 1.82) is 5.26 Å². The van der Waals surface area contributed by atoms with E-state index in [-0.39, 0.29) is 0 Å². The molecule has 1 saturated carbocycles. The molecule has 1 aliphatic carbocycles. The Bertz CT molecular complexity index is 239. The lowest BCUT2D eigenvalue weighted by molar-refractivity contribution is 0.143. The van der Waals surface area contributed by atoms with Crippen LogP contribution < -0.4 is 0 Å². The van der Waals surface area contributed by atoms with Gasteiger partial charge in [-0.05, 0) is 32.1 Å². The molecule has 0 saturated heterocycles. The summed E-state index contributed by atoms with van der Waals surface area (Å²) in [6.45, 7) is 6.53. The molecule has 0 unspecified atom stereocenters. The summed E-state index contributed by atoms with van der Waals surface area (Å²) in [6.07, 6.45) is 6.07. The predicted octanol–water partition coefficient (Wildman–Crippen LogP) is 3.57. The van der Waals surface area contributed by atoms with Crippen molar-refractivity contribution in [2.24, 2.45) is 5.41 Å². The fourth-order valence-corrected chi connectivity index (χ4v) is 3.34. The molecule has 3 heteroatoms. The highest BCUT2D eigenvalue weighted by Gasteiger charge is 2.34. The minimum Gasteiger partial charge on any atom is -0.299 e. The van der Waals surface area contributed by atoms with E-state index < -0.39 is 0 Å². The number of hydrogen-bond donors (Lipinski definition) is 0. The minimum absolute atomic E-state index is 0.472. The summed E-state index contributed by atoms with van der Waals surface area (Å²) in [5.41, 5.74) is 0.472. The zero-order valence-corrected chi connectivity index (χ0v) is 12.1. The number of nitriles is 1. The van der Waals surface area contributed by atoms with Crippen LogP contribution in [0.25, 0.3) is 0 Å². The summed E-state index contributed by atoms with van der Waals surface area (Å²) in [4.78, 5) is 2.47. The van der Waals surface area contributed by atoms with Crippen LogP contribution in [0.15, 0.2) is 0 Å². The number of alkyl halides is 1. The van der Waals surface area contributed by atoms with Gasteiger partial charge in [-0.25, -0.2) is 0 Å². The second-order valence-electron chi connectivity index (χ2n) is 5.31. The third kappa shape index (κ3) is 3.75. The first-order valence-electron chi connectivity index (χ1n) is 6.30. The molecule has 0 radical (unpaired) electrons. The van der Waals surface area contributed by atoms with E-state index in [1.54, 1.807) is 0 Å². The fraction of sp³-hybridized carbons (Fsp3) is 0.923. The van der Waals surface area contributed by atoms with E-state index in [1.807, 2.05) is 0 Å². The van der Waals surface area contributed by atoms with Crippen molar-refractivity contribution in [2.75, 3.05) is 18.4 Å². The largest absolute Gasteiger partial charge is 0.299 e. The van der Waals surface area contributed by atoms with E-state index in [0.717, 1.165) is 18.4 Å². The number of rotatable bonds is 6. The van der Waals surface area contributed by atoms with Gasteiger partial charge < -0.3 is 0 Å². The molecule has 0 heterocycles. The Morgan fingerprint density at radius 3 is 2.44 bits per heavy atom. The Kier molecular flexibility index (Phi) is 5.78. The Morgan fingerprint density at radius 1 is 1.38 bits per heavy atom. The molecule has 0 amide bonds. The lowest BCUT2D eigenvalue weighted by Crippen LogP contribution is -2.41. The zero-order valence-electron chi connectivity index (χ0n) is 10.5. The van der Waals surface area contributed by atoms with Gasteiger partial charge >= 0.3 is 0 Å². The molecular weight excluding hydrogens is 264 g/mol. The predicted molar refractivity (Wildman–Crippen MR) is 71.6 cm³/mol. The van der Waals surface area contributed by atoms with Crippen molar-refractivity contribution in [3.63, 3.8) is 0 Å². The normalized spacial score (nSPS) is 19.2. The van der Waals surface area contributed by atoms with Gasteiger partial charge in [-0.2, -0.15) is 5.26 Å². The van der Waals surface area contributed by atoms with Gasteiger partial charge in [0.1, 0.15) is 0 Å². The molecule has 0 bridgehead atoms. The van der Waals surface area contributed by atoms with E-state index in [1.165, 1.54) is 25.7 Å². The van der Waals surface area contributed by atoms with Gasteiger partial charge in [0.15, 0.2) is 0 Å². The summed E-state index contributed by atoms with van der Waals surface area (Å²) in [6, 6.07) is 2.80. The van der Waals surface area contributed by atoms with Gasteiger partial charge in [-0.1, -0.05) is 28.8 Å². The average Bonchev–Trinajstić information content (AvgIpc) is 2.73. The molecule has 0 atom stereocenters. The van der Waals surface area contributed by atoms with Gasteiger partial charge in [0.05, 0.1) is 6.07 Å². The monoisotopic (exact) mass is 286 g/mol. The van der Waals surface area contributed by atoms with E-state index >= 15 is 0 Å².